The lowest BCUT2D eigenvalue weighted by molar-refractivity contribution is 0.102. The van der Waals surface area contributed by atoms with E-state index in [-0.39, 0.29) is 17.7 Å². The minimum atomic E-state index is -1.57. The van der Waals surface area contributed by atoms with E-state index >= 15 is 0 Å². The Balaban J connectivity index is 1.72. The number of hydrogen-bond acceptors (Lipinski definition) is 3. The van der Waals surface area contributed by atoms with Gasteiger partial charge in [-0.3, -0.25) is 4.79 Å². The van der Waals surface area contributed by atoms with Crippen LogP contribution in [0, 0.1) is 26.4 Å². The second kappa shape index (κ2) is 8.40. The molecule has 2 aromatic rings. The molecule has 0 unspecified atom stereocenters. The Kier molecular flexibility index (Phi) is 6.37. The lowest BCUT2D eigenvalue weighted by Crippen LogP contribution is -2.13. The zero-order valence-corrected chi connectivity index (χ0v) is 17.2. The molecular formula is C19H17F3INO2S. The molecule has 0 spiro atoms. The number of nitrogens with one attached hydrogen (secondary N) is 1. The lowest BCUT2D eigenvalue weighted by atomic mass is 10.1. The predicted molar refractivity (Wildman–Crippen MR) is 108 cm³/mol. The average Bonchev–Trinajstić information content (AvgIpc) is 3.39. The third-order valence-corrected chi connectivity index (χ3v) is 7.28. The van der Waals surface area contributed by atoms with Gasteiger partial charge in [0.05, 0.1) is 0 Å². The molecule has 3 rings (SSSR count). The number of amides is 1. The molecule has 0 radical (unpaired) electrons. The van der Waals surface area contributed by atoms with Crippen LogP contribution >= 0.6 is 34.4 Å². The van der Waals surface area contributed by atoms with Gasteiger partial charge >= 0.3 is 0 Å². The van der Waals surface area contributed by atoms with Gasteiger partial charge in [0.1, 0.15) is 0 Å². The van der Waals surface area contributed by atoms with Crippen LogP contribution in [0.2, 0.25) is 0 Å². The van der Waals surface area contributed by atoms with Crippen molar-refractivity contribution in [2.24, 2.45) is 5.41 Å². The molecule has 1 fully saturated rings. The summed E-state index contributed by atoms with van der Waals surface area (Å²) in [5, 5.41) is 11.6. The van der Waals surface area contributed by atoms with Gasteiger partial charge < -0.3 is 10.4 Å². The molecule has 2 aromatic carbocycles. The summed E-state index contributed by atoms with van der Waals surface area (Å²) in [6, 6.07) is 6.63. The highest BCUT2D eigenvalue weighted by Gasteiger charge is 2.41. The van der Waals surface area contributed by atoms with E-state index in [4.69, 9.17) is 5.11 Å². The lowest BCUT2D eigenvalue weighted by Gasteiger charge is -2.14. The predicted octanol–water partition coefficient (Wildman–Crippen LogP) is 5.22. The topological polar surface area (TPSA) is 49.3 Å². The number of carbonyl (C=O) groups excluding carboxylic acids is 1. The van der Waals surface area contributed by atoms with E-state index < -0.39 is 23.4 Å². The number of hydrogen-bond donors (Lipinski definition) is 2. The quantitative estimate of drug-likeness (QED) is 0.307. The van der Waals surface area contributed by atoms with Gasteiger partial charge in [-0.15, -0.1) is 11.8 Å². The zero-order valence-electron chi connectivity index (χ0n) is 14.2. The normalized spacial score (nSPS) is 14.9. The van der Waals surface area contributed by atoms with Gasteiger partial charge in [0.2, 0.25) is 0 Å². The highest BCUT2D eigenvalue weighted by atomic mass is 127. The van der Waals surface area contributed by atoms with Crippen LogP contribution in [0.25, 0.3) is 0 Å². The molecular weight excluding hydrogens is 490 g/mol. The van der Waals surface area contributed by atoms with Crippen molar-refractivity contribution < 1.29 is 23.1 Å². The van der Waals surface area contributed by atoms with Crippen LogP contribution in [0.5, 0.6) is 0 Å². The molecule has 2 N–H and O–H groups in total. The summed E-state index contributed by atoms with van der Waals surface area (Å²) in [4.78, 5) is 13.3. The second-order valence-electron chi connectivity index (χ2n) is 6.62. The summed E-state index contributed by atoms with van der Waals surface area (Å²) in [5.41, 5.74) is 0.378. The number of rotatable bonds is 7. The minimum absolute atomic E-state index is 0.149. The van der Waals surface area contributed by atoms with Crippen LogP contribution < -0.4 is 5.32 Å². The van der Waals surface area contributed by atoms with E-state index in [1.165, 1.54) is 0 Å². The van der Waals surface area contributed by atoms with Crippen molar-refractivity contribution in [1.82, 2.24) is 0 Å². The van der Waals surface area contributed by atoms with Gasteiger partial charge in [0.25, 0.3) is 5.91 Å². The zero-order chi connectivity index (χ0) is 19.6. The van der Waals surface area contributed by atoms with Gasteiger partial charge in [0.15, 0.2) is 17.5 Å². The summed E-state index contributed by atoms with van der Waals surface area (Å²) in [5.74, 6) is -3.96. The number of aliphatic hydroxyl groups excluding tert-OH is 1. The number of halogens is 4. The molecule has 0 atom stereocenters. The Bertz CT molecular complexity index is 851. The Morgan fingerprint density at radius 3 is 2.44 bits per heavy atom. The van der Waals surface area contributed by atoms with E-state index in [0.29, 0.717) is 5.56 Å². The van der Waals surface area contributed by atoms with Crippen molar-refractivity contribution >= 4 is 45.9 Å². The smallest absolute Gasteiger partial charge is 0.255 e. The molecule has 0 saturated heterocycles. The van der Waals surface area contributed by atoms with Crippen LogP contribution in [0.3, 0.4) is 0 Å². The molecule has 1 aliphatic carbocycles. The second-order valence-corrected chi connectivity index (χ2v) is 8.79. The first-order valence-corrected chi connectivity index (χ1v) is 10.4. The molecule has 3 nitrogen and oxygen atoms in total. The summed E-state index contributed by atoms with van der Waals surface area (Å²) in [7, 11) is 0. The number of thioether (sulfide) groups is 1. The van der Waals surface area contributed by atoms with Crippen molar-refractivity contribution in [3.8, 4) is 0 Å². The van der Waals surface area contributed by atoms with Crippen molar-refractivity contribution in [1.29, 1.82) is 0 Å². The van der Waals surface area contributed by atoms with E-state index in [2.05, 4.69) is 27.9 Å². The van der Waals surface area contributed by atoms with Gasteiger partial charge in [-0.2, -0.15) is 0 Å². The summed E-state index contributed by atoms with van der Waals surface area (Å²) in [6.45, 7) is 0.172. The Labute approximate surface area is 172 Å². The summed E-state index contributed by atoms with van der Waals surface area (Å²) in [6.07, 6.45) is 2.97. The summed E-state index contributed by atoms with van der Waals surface area (Å²) >= 11 is 3.82. The highest BCUT2D eigenvalue weighted by molar-refractivity contribution is 14.1. The van der Waals surface area contributed by atoms with Crippen LogP contribution in [-0.4, -0.2) is 23.4 Å². The van der Waals surface area contributed by atoms with E-state index in [0.717, 1.165) is 45.6 Å². The number of benzene rings is 2. The van der Waals surface area contributed by atoms with Crippen LogP contribution in [0.15, 0.2) is 35.2 Å². The largest absolute Gasteiger partial charge is 0.396 e. The van der Waals surface area contributed by atoms with Gasteiger partial charge in [-0.1, -0.05) is 0 Å². The van der Waals surface area contributed by atoms with Crippen molar-refractivity contribution in [3.05, 3.63) is 56.9 Å². The van der Waals surface area contributed by atoms with Gasteiger partial charge in [0, 0.05) is 44.2 Å². The molecule has 0 aliphatic heterocycles. The van der Waals surface area contributed by atoms with Crippen LogP contribution in [0.1, 0.15) is 29.6 Å². The van der Waals surface area contributed by atoms with Gasteiger partial charge in [-0.25, -0.2) is 13.2 Å². The van der Waals surface area contributed by atoms with Crippen LogP contribution in [-0.2, 0) is 0 Å². The molecule has 1 saturated carbocycles. The standard InChI is InChI=1S/C19H17F3INO2S/c20-13-8-12(9-14(21)17(13)22)24-18(26)11-1-2-15(23)16(7-11)27-10-19(3-4-19)5-6-25/h1-2,7-9,25H,3-6,10H2,(H,24,26). The molecule has 144 valence electrons. The highest BCUT2D eigenvalue weighted by Crippen LogP contribution is 2.52. The molecule has 0 aromatic heterocycles. The monoisotopic (exact) mass is 507 g/mol. The first-order valence-electron chi connectivity index (χ1n) is 8.33. The maximum absolute atomic E-state index is 13.3. The van der Waals surface area contributed by atoms with Crippen molar-refractivity contribution in [2.45, 2.75) is 24.2 Å². The molecule has 27 heavy (non-hydrogen) atoms. The van der Waals surface area contributed by atoms with E-state index in [1.807, 2.05) is 0 Å². The maximum atomic E-state index is 13.3. The van der Waals surface area contributed by atoms with E-state index in [9.17, 15) is 18.0 Å². The third kappa shape index (κ3) is 4.97. The fourth-order valence-corrected chi connectivity index (χ4v) is 4.81. The molecule has 8 heteroatoms. The van der Waals surface area contributed by atoms with Gasteiger partial charge in [-0.05, 0) is 65.5 Å². The Hall–Kier alpha value is -1.26. The fraction of sp³-hybridized carbons (Fsp3) is 0.316. The number of carbonyl (C=O) groups is 1. The SMILES string of the molecule is O=C(Nc1cc(F)c(F)c(F)c1)c1ccc(I)c(SCC2(CCO)CC2)c1. The minimum Gasteiger partial charge on any atom is -0.396 e. The molecule has 1 amide bonds. The number of aliphatic hydroxyl groups is 1. The Morgan fingerprint density at radius 2 is 1.85 bits per heavy atom. The fourth-order valence-electron chi connectivity index (χ4n) is 2.70. The summed E-state index contributed by atoms with van der Waals surface area (Å²) < 4.78 is 40.6. The molecule has 0 heterocycles. The first kappa shape index (κ1) is 20.5. The van der Waals surface area contributed by atoms with E-state index in [1.54, 1.807) is 30.0 Å². The molecule has 0 bridgehead atoms. The van der Waals surface area contributed by atoms with Crippen molar-refractivity contribution in [2.75, 3.05) is 17.7 Å². The molecule has 1 aliphatic rings. The third-order valence-electron chi connectivity index (χ3n) is 4.57. The van der Waals surface area contributed by atoms with Crippen LogP contribution in [0.4, 0.5) is 18.9 Å². The maximum Gasteiger partial charge on any atom is 0.255 e. The van der Waals surface area contributed by atoms with Crippen molar-refractivity contribution in [3.63, 3.8) is 0 Å². The average molecular weight is 507 g/mol. The Morgan fingerprint density at radius 1 is 1.19 bits per heavy atom. The first-order chi connectivity index (χ1) is 12.8. The number of anilines is 1.